The molecule has 0 aromatic heterocycles. The highest BCUT2D eigenvalue weighted by molar-refractivity contribution is 6.31. The van der Waals surface area contributed by atoms with Gasteiger partial charge in [-0.25, -0.2) is 0 Å². The van der Waals surface area contributed by atoms with E-state index in [2.05, 4.69) is 5.32 Å². The molecule has 0 aliphatic carbocycles. The van der Waals surface area contributed by atoms with Gasteiger partial charge in [0.1, 0.15) is 5.75 Å². The van der Waals surface area contributed by atoms with E-state index < -0.39 is 0 Å². The first kappa shape index (κ1) is 18.1. The highest BCUT2D eigenvalue weighted by atomic mass is 35.5. The lowest BCUT2D eigenvalue weighted by atomic mass is 9.74. The molecule has 1 amide bonds. The van der Waals surface area contributed by atoms with Crippen molar-refractivity contribution in [3.8, 4) is 5.75 Å². The lowest BCUT2D eigenvalue weighted by molar-refractivity contribution is 0.0487. The molecule has 2 aromatic carbocycles. The smallest absolute Gasteiger partial charge is 0.255 e. The van der Waals surface area contributed by atoms with Crippen LogP contribution >= 0.6 is 23.2 Å². The Morgan fingerprint density at radius 3 is 2.56 bits per heavy atom. The molecule has 0 saturated carbocycles. The topological polar surface area (TPSA) is 58.6 Å². The van der Waals surface area contributed by atoms with E-state index in [9.17, 15) is 9.90 Å². The molecular weight excluding hydrogens is 361 g/mol. The van der Waals surface area contributed by atoms with Gasteiger partial charge < -0.3 is 15.2 Å². The normalized spacial score (nSPS) is 16.4. The molecule has 0 bridgehead atoms. The number of nitrogens with one attached hydrogen (secondary N) is 1. The maximum absolute atomic E-state index is 12.5. The van der Waals surface area contributed by atoms with Crippen molar-refractivity contribution in [3.05, 3.63) is 63.6 Å². The minimum absolute atomic E-state index is 0.0920. The molecule has 25 heavy (non-hydrogen) atoms. The van der Waals surface area contributed by atoms with E-state index in [4.69, 9.17) is 27.9 Å². The molecule has 6 heteroatoms. The molecule has 1 saturated heterocycles. The number of benzene rings is 2. The number of halogens is 2. The average molecular weight is 380 g/mol. The molecule has 2 N–H and O–H groups in total. The number of ether oxygens (including phenoxy) is 1. The summed E-state index contributed by atoms with van der Waals surface area (Å²) in [6.45, 7) is 1.69. The summed E-state index contributed by atoms with van der Waals surface area (Å²) in [6.07, 6.45) is 1.57. The number of hydrogen-bond acceptors (Lipinski definition) is 3. The zero-order valence-electron chi connectivity index (χ0n) is 13.6. The second kappa shape index (κ2) is 7.65. The van der Waals surface area contributed by atoms with E-state index in [1.54, 1.807) is 6.07 Å². The molecule has 1 fully saturated rings. The molecule has 0 spiro atoms. The van der Waals surface area contributed by atoms with Crippen LogP contribution in [0, 0.1) is 0 Å². The first-order valence-corrected chi connectivity index (χ1v) is 8.86. The molecular formula is C19H19Cl2NO3. The third-order valence-corrected chi connectivity index (χ3v) is 5.15. The number of carbonyl (C=O) groups excluding carboxylic acids is 1. The molecule has 1 aliphatic rings. The Labute approximate surface area is 156 Å². The molecule has 2 aromatic rings. The molecule has 3 rings (SSSR count). The molecule has 0 unspecified atom stereocenters. The first-order valence-electron chi connectivity index (χ1n) is 8.11. The van der Waals surface area contributed by atoms with Crippen LogP contribution in [-0.2, 0) is 10.2 Å². The van der Waals surface area contributed by atoms with E-state index in [1.165, 1.54) is 12.1 Å². The predicted octanol–water partition coefficient (Wildman–Crippen LogP) is 4.18. The monoisotopic (exact) mass is 379 g/mol. The zero-order chi connectivity index (χ0) is 17.9. The van der Waals surface area contributed by atoms with E-state index in [0.29, 0.717) is 29.8 Å². The van der Waals surface area contributed by atoms with Crippen LogP contribution in [0.2, 0.25) is 10.0 Å². The number of phenols is 1. The minimum Gasteiger partial charge on any atom is -0.507 e. The van der Waals surface area contributed by atoms with E-state index in [0.717, 1.165) is 18.4 Å². The van der Waals surface area contributed by atoms with Gasteiger partial charge in [0.2, 0.25) is 0 Å². The van der Waals surface area contributed by atoms with E-state index >= 15 is 0 Å². The van der Waals surface area contributed by atoms with E-state index in [1.807, 2.05) is 24.3 Å². The Morgan fingerprint density at radius 2 is 1.84 bits per heavy atom. The number of rotatable bonds is 4. The Hall–Kier alpha value is -1.75. The van der Waals surface area contributed by atoms with Gasteiger partial charge in [-0.15, -0.1) is 0 Å². The number of carbonyl (C=O) groups is 1. The summed E-state index contributed by atoms with van der Waals surface area (Å²) >= 11 is 12.1. The summed E-state index contributed by atoms with van der Waals surface area (Å²) in [5, 5.41) is 13.9. The van der Waals surface area contributed by atoms with Crippen molar-refractivity contribution in [2.24, 2.45) is 0 Å². The second-order valence-electron chi connectivity index (χ2n) is 6.25. The van der Waals surface area contributed by atoms with Crippen LogP contribution in [0.25, 0.3) is 0 Å². The van der Waals surface area contributed by atoms with Gasteiger partial charge >= 0.3 is 0 Å². The Kier molecular flexibility index (Phi) is 5.52. The Morgan fingerprint density at radius 1 is 1.12 bits per heavy atom. The van der Waals surface area contributed by atoms with Crippen molar-refractivity contribution in [1.29, 1.82) is 0 Å². The third-order valence-electron chi connectivity index (χ3n) is 4.68. The fourth-order valence-electron chi connectivity index (χ4n) is 3.18. The van der Waals surface area contributed by atoms with Crippen LogP contribution in [0.1, 0.15) is 28.8 Å². The molecule has 0 atom stereocenters. The van der Waals surface area contributed by atoms with Gasteiger partial charge in [-0.2, -0.15) is 0 Å². The number of amides is 1. The summed E-state index contributed by atoms with van der Waals surface area (Å²) in [4.78, 5) is 12.5. The fraction of sp³-hybridized carbons (Fsp3) is 0.316. The maximum atomic E-state index is 12.5. The predicted molar refractivity (Wildman–Crippen MR) is 98.6 cm³/mol. The Balaban J connectivity index is 1.82. The summed E-state index contributed by atoms with van der Waals surface area (Å²) in [5.74, 6) is -0.446. The lowest BCUT2D eigenvalue weighted by Crippen LogP contribution is -2.44. The SMILES string of the molecule is O=C(NCC1(c2cccc(Cl)c2)CCOCC1)c1cc(Cl)ccc1O. The van der Waals surface area contributed by atoms with Crippen molar-refractivity contribution in [1.82, 2.24) is 5.32 Å². The standard InChI is InChI=1S/C19H19Cl2NO3/c20-14-3-1-2-13(10-14)19(6-8-25-9-7-19)12-22-18(24)16-11-15(21)4-5-17(16)23/h1-5,10-11,23H,6-9,12H2,(H,22,24). The second-order valence-corrected chi connectivity index (χ2v) is 7.12. The van der Waals surface area contributed by atoms with E-state index in [-0.39, 0.29) is 22.6 Å². The van der Waals surface area contributed by atoms with Gasteiger partial charge in [0.25, 0.3) is 5.91 Å². The van der Waals surface area contributed by atoms with Gasteiger partial charge in [-0.05, 0) is 48.7 Å². The van der Waals surface area contributed by atoms with Crippen molar-refractivity contribution in [2.45, 2.75) is 18.3 Å². The summed E-state index contributed by atoms with van der Waals surface area (Å²) in [5.41, 5.74) is 1.01. The third kappa shape index (κ3) is 4.09. The van der Waals surface area contributed by atoms with Crippen molar-refractivity contribution < 1.29 is 14.6 Å². The van der Waals surface area contributed by atoms with Crippen LogP contribution in [0.5, 0.6) is 5.75 Å². The number of hydrogen-bond donors (Lipinski definition) is 2. The number of phenolic OH excluding ortho intramolecular Hbond substituents is 1. The van der Waals surface area contributed by atoms with Gasteiger partial charge in [0, 0.05) is 35.2 Å². The molecule has 132 valence electrons. The van der Waals surface area contributed by atoms with Gasteiger partial charge in [0.05, 0.1) is 5.56 Å². The number of aromatic hydroxyl groups is 1. The highest BCUT2D eigenvalue weighted by Crippen LogP contribution is 2.35. The summed E-state index contributed by atoms with van der Waals surface area (Å²) in [6, 6.07) is 12.1. The van der Waals surface area contributed by atoms with Crippen LogP contribution in [0.3, 0.4) is 0 Å². The average Bonchev–Trinajstić information content (AvgIpc) is 2.62. The molecule has 0 radical (unpaired) electrons. The quantitative estimate of drug-likeness (QED) is 0.837. The Bertz CT molecular complexity index is 773. The highest BCUT2D eigenvalue weighted by Gasteiger charge is 2.35. The van der Waals surface area contributed by atoms with Gasteiger partial charge in [0.15, 0.2) is 0 Å². The van der Waals surface area contributed by atoms with Crippen molar-refractivity contribution in [3.63, 3.8) is 0 Å². The van der Waals surface area contributed by atoms with Crippen molar-refractivity contribution in [2.75, 3.05) is 19.8 Å². The molecule has 1 aliphatic heterocycles. The van der Waals surface area contributed by atoms with Crippen LogP contribution in [0.4, 0.5) is 0 Å². The van der Waals surface area contributed by atoms with Gasteiger partial charge in [-0.3, -0.25) is 4.79 Å². The lowest BCUT2D eigenvalue weighted by Gasteiger charge is -2.38. The first-order chi connectivity index (χ1) is 12.0. The largest absolute Gasteiger partial charge is 0.507 e. The van der Waals surface area contributed by atoms with Crippen LogP contribution in [0.15, 0.2) is 42.5 Å². The summed E-state index contributed by atoms with van der Waals surface area (Å²) in [7, 11) is 0. The van der Waals surface area contributed by atoms with Gasteiger partial charge in [-0.1, -0.05) is 35.3 Å². The fourth-order valence-corrected chi connectivity index (χ4v) is 3.55. The maximum Gasteiger partial charge on any atom is 0.255 e. The molecule has 4 nitrogen and oxygen atoms in total. The summed E-state index contributed by atoms with van der Waals surface area (Å²) < 4.78 is 5.50. The molecule has 1 heterocycles. The van der Waals surface area contributed by atoms with Crippen molar-refractivity contribution >= 4 is 29.1 Å². The van der Waals surface area contributed by atoms with Crippen LogP contribution < -0.4 is 5.32 Å². The zero-order valence-corrected chi connectivity index (χ0v) is 15.1. The van der Waals surface area contributed by atoms with Crippen LogP contribution in [-0.4, -0.2) is 30.8 Å². The minimum atomic E-state index is -0.354.